The number of hydrogen-bond donors (Lipinski definition) is 0. The molecule has 0 fully saturated rings. The molecule has 0 spiro atoms. The van der Waals surface area contributed by atoms with Crippen molar-refractivity contribution in [3.63, 3.8) is 0 Å². The highest BCUT2D eigenvalue weighted by atomic mass is 127. The van der Waals surface area contributed by atoms with Gasteiger partial charge >= 0.3 is 0 Å². The molecule has 1 unspecified atom stereocenters. The monoisotopic (exact) mass is 576 g/mol. The lowest BCUT2D eigenvalue weighted by Gasteiger charge is -2.08. The Labute approximate surface area is 111 Å². The average Bonchev–Trinajstić information content (AvgIpc) is 1.82. The predicted molar refractivity (Wildman–Crippen MR) is 77.8 cm³/mol. The third-order valence-corrected chi connectivity index (χ3v) is 7.48. The van der Waals surface area contributed by atoms with E-state index in [2.05, 4.69) is 90.4 Å². The minimum absolute atomic E-state index is 0.795. The molecule has 0 saturated heterocycles. The van der Waals surface area contributed by atoms with Crippen molar-refractivity contribution in [1.29, 1.82) is 0 Å². The van der Waals surface area contributed by atoms with Crippen LogP contribution in [0.5, 0.6) is 0 Å². The van der Waals surface area contributed by atoms with Crippen molar-refractivity contribution in [3.8, 4) is 0 Å². The maximum atomic E-state index is 2.54. The van der Waals surface area contributed by atoms with E-state index in [0.29, 0.717) is 0 Å². The molecular weight excluding hydrogens is 568 g/mol. The zero-order valence-corrected chi connectivity index (χ0v) is 13.4. The molecule has 0 rings (SSSR count). The lowest BCUT2D eigenvalue weighted by molar-refractivity contribution is 0.828. The summed E-state index contributed by atoms with van der Waals surface area (Å²) in [5.74, 6) is 0. The van der Waals surface area contributed by atoms with Crippen LogP contribution in [0.2, 0.25) is 0 Å². The summed E-state index contributed by atoms with van der Waals surface area (Å²) in [5.41, 5.74) is 0. The highest BCUT2D eigenvalue weighted by Crippen LogP contribution is 2.25. The van der Waals surface area contributed by atoms with Gasteiger partial charge in [-0.25, -0.2) is 0 Å². The molecule has 0 aromatic heterocycles. The highest BCUT2D eigenvalue weighted by Gasteiger charge is 2.09. The highest BCUT2D eigenvalue weighted by molar-refractivity contribution is 14.2. The number of hydrogen-bond acceptors (Lipinski definition) is 0. The van der Waals surface area contributed by atoms with Crippen molar-refractivity contribution < 1.29 is 0 Å². The van der Waals surface area contributed by atoms with Crippen molar-refractivity contribution in [1.82, 2.24) is 0 Å². The molecule has 0 aliphatic heterocycles. The van der Waals surface area contributed by atoms with Gasteiger partial charge in [0.25, 0.3) is 0 Å². The molecule has 0 N–H and O–H groups in total. The normalized spacial score (nSPS) is 14.3. The second-order valence-electron chi connectivity index (χ2n) is 1.68. The van der Waals surface area contributed by atoms with E-state index in [-0.39, 0.29) is 0 Å². The minimum atomic E-state index is 0.795. The van der Waals surface area contributed by atoms with Crippen LogP contribution in [-0.2, 0) is 0 Å². The summed E-state index contributed by atoms with van der Waals surface area (Å²) < 4.78 is 2.96. The Kier molecular flexibility index (Phi) is 10.0. The van der Waals surface area contributed by atoms with Crippen LogP contribution in [0.3, 0.4) is 0 Å². The van der Waals surface area contributed by atoms with E-state index in [0.717, 1.165) is 5.86 Å². The van der Waals surface area contributed by atoms with Crippen LogP contribution in [0.25, 0.3) is 0 Å². The predicted octanol–water partition coefficient (Wildman–Crippen LogP) is 4.20. The van der Waals surface area contributed by atoms with Crippen LogP contribution in [0, 0.1) is 0 Å². The number of rotatable bonds is 4. The standard InChI is InChI=1S/C5H8I4/c6-3-1-2-4(7)5(8)9/h4-5H,1-3H2. The number of alkyl halides is 4. The first-order valence-electron chi connectivity index (χ1n) is 2.66. The maximum absolute atomic E-state index is 2.54. The van der Waals surface area contributed by atoms with Gasteiger partial charge in [0.15, 0.2) is 0 Å². The van der Waals surface area contributed by atoms with Crippen LogP contribution in [0.1, 0.15) is 12.8 Å². The first-order valence-corrected chi connectivity index (χ1v) is 7.93. The Hall–Kier alpha value is 2.92. The Morgan fingerprint density at radius 3 is 2.00 bits per heavy atom. The van der Waals surface area contributed by atoms with Crippen LogP contribution in [0.4, 0.5) is 0 Å². The summed E-state index contributed by atoms with van der Waals surface area (Å²) in [4.78, 5) is 0. The van der Waals surface area contributed by atoms with Gasteiger partial charge < -0.3 is 0 Å². The van der Waals surface area contributed by atoms with Crippen molar-refractivity contribution in [3.05, 3.63) is 0 Å². The smallest absolute Gasteiger partial charge is 0.0743 e. The maximum Gasteiger partial charge on any atom is 0.0743 e. The fourth-order valence-electron chi connectivity index (χ4n) is 0.398. The van der Waals surface area contributed by atoms with E-state index < -0.39 is 0 Å². The second-order valence-corrected chi connectivity index (χ2v) is 9.43. The van der Waals surface area contributed by atoms with E-state index >= 15 is 0 Å². The van der Waals surface area contributed by atoms with Crippen molar-refractivity contribution in [2.24, 2.45) is 0 Å². The zero-order valence-electron chi connectivity index (χ0n) is 4.79. The molecule has 0 aliphatic carbocycles. The molecule has 0 aromatic rings. The molecule has 9 heavy (non-hydrogen) atoms. The Bertz CT molecular complexity index is 64.0. The summed E-state index contributed by atoms with van der Waals surface area (Å²) in [7, 11) is 0. The average molecular weight is 576 g/mol. The van der Waals surface area contributed by atoms with Gasteiger partial charge in [-0.05, 0) is 17.3 Å². The van der Waals surface area contributed by atoms with E-state index in [1.807, 2.05) is 0 Å². The van der Waals surface area contributed by atoms with E-state index in [1.165, 1.54) is 17.3 Å². The minimum Gasteiger partial charge on any atom is -0.0864 e. The molecule has 0 aliphatic rings. The fourth-order valence-corrected chi connectivity index (χ4v) is 2.00. The Balaban J connectivity index is 3.16. The molecule has 0 nitrogen and oxygen atoms in total. The van der Waals surface area contributed by atoms with Crippen molar-refractivity contribution in [2.45, 2.75) is 18.7 Å². The van der Waals surface area contributed by atoms with Gasteiger partial charge in [-0.3, -0.25) is 0 Å². The molecular formula is C5H8I4. The molecule has 4 heteroatoms. The summed E-state index contributed by atoms with van der Waals surface area (Å²) in [6.45, 7) is 0. The lowest BCUT2D eigenvalue weighted by atomic mass is 10.3. The third kappa shape index (κ3) is 7.29. The second kappa shape index (κ2) is 7.56. The summed E-state index contributed by atoms with van der Waals surface area (Å²) in [5, 5.41) is 0. The first-order chi connectivity index (χ1) is 4.18. The summed E-state index contributed by atoms with van der Waals surface area (Å²) in [6.07, 6.45) is 2.75. The van der Waals surface area contributed by atoms with Crippen LogP contribution in [-0.4, -0.2) is 10.3 Å². The zero-order chi connectivity index (χ0) is 7.28. The molecule has 0 aromatic carbocycles. The lowest BCUT2D eigenvalue weighted by Crippen LogP contribution is -2.05. The van der Waals surface area contributed by atoms with Gasteiger partial charge in [-0.15, -0.1) is 0 Å². The summed E-state index contributed by atoms with van der Waals surface area (Å²) >= 11 is 9.94. The van der Waals surface area contributed by atoms with Crippen LogP contribution < -0.4 is 0 Å². The van der Waals surface area contributed by atoms with Gasteiger partial charge in [0.05, 0.1) is 1.93 Å². The van der Waals surface area contributed by atoms with Gasteiger partial charge in [-0.1, -0.05) is 90.4 Å². The quantitative estimate of drug-likeness (QED) is 0.348. The molecule has 0 saturated carbocycles. The molecule has 0 radical (unpaired) electrons. The van der Waals surface area contributed by atoms with E-state index in [4.69, 9.17) is 0 Å². The van der Waals surface area contributed by atoms with E-state index in [1.54, 1.807) is 0 Å². The topological polar surface area (TPSA) is 0 Å². The SMILES string of the molecule is ICCCC(I)C(I)I. The van der Waals surface area contributed by atoms with Crippen LogP contribution in [0.15, 0.2) is 0 Å². The van der Waals surface area contributed by atoms with Crippen molar-refractivity contribution in [2.75, 3.05) is 4.43 Å². The molecule has 56 valence electrons. The van der Waals surface area contributed by atoms with Gasteiger partial charge in [0.2, 0.25) is 0 Å². The Morgan fingerprint density at radius 1 is 1.11 bits per heavy atom. The molecule has 1 atom stereocenters. The summed E-state index contributed by atoms with van der Waals surface area (Å²) in [6, 6.07) is 0. The van der Waals surface area contributed by atoms with Crippen LogP contribution >= 0.6 is 90.4 Å². The molecule has 0 bridgehead atoms. The molecule has 0 heterocycles. The van der Waals surface area contributed by atoms with E-state index in [9.17, 15) is 0 Å². The fraction of sp³-hybridized carbons (Fsp3) is 1.00. The first kappa shape index (κ1) is 11.9. The molecule has 0 amide bonds. The van der Waals surface area contributed by atoms with Crippen molar-refractivity contribution >= 4 is 90.4 Å². The third-order valence-electron chi connectivity index (χ3n) is 0.887. The van der Waals surface area contributed by atoms with Gasteiger partial charge in [0.1, 0.15) is 0 Å². The largest absolute Gasteiger partial charge is 0.0864 e. The number of halogens is 4. The van der Waals surface area contributed by atoms with Gasteiger partial charge in [-0.2, -0.15) is 0 Å². The van der Waals surface area contributed by atoms with Gasteiger partial charge in [0, 0.05) is 3.92 Å². The Morgan fingerprint density at radius 2 is 1.67 bits per heavy atom.